The van der Waals surface area contributed by atoms with Gasteiger partial charge < -0.3 is 9.64 Å². The number of nitrogens with zero attached hydrogens (tertiary/aromatic N) is 3. The van der Waals surface area contributed by atoms with Crippen molar-refractivity contribution in [1.82, 2.24) is 4.31 Å². The van der Waals surface area contributed by atoms with Crippen molar-refractivity contribution in [3.8, 4) is 0 Å². The number of carbonyl (C=O) groups is 1. The number of amides is 1. The van der Waals surface area contributed by atoms with E-state index in [0.717, 1.165) is 23.1 Å². The first-order valence-corrected chi connectivity index (χ1v) is 10.6. The van der Waals surface area contributed by atoms with Gasteiger partial charge in [0.05, 0.1) is 18.9 Å². The average molecular weight is 399 g/mol. The van der Waals surface area contributed by atoms with Crippen molar-refractivity contribution in [1.29, 1.82) is 0 Å². The Bertz CT molecular complexity index is 998. The molecule has 0 aliphatic carbocycles. The van der Waals surface area contributed by atoms with E-state index in [-0.39, 0.29) is 5.71 Å². The van der Waals surface area contributed by atoms with Gasteiger partial charge in [-0.1, -0.05) is 30.3 Å². The first kappa shape index (κ1) is 18.6. The lowest BCUT2D eigenvalue weighted by Crippen LogP contribution is -2.36. The lowest BCUT2D eigenvalue weighted by Gasteiger charge is -2.28. The number of hydrogen-bond acceptors (Lipinski definition) is 6. The molecule has 7 nitrogen and oxygen atoms in total. The van der Waals surface area contributed by atoms with E-state index in [4.69, 9.17) is 4.74 Å². The van der Waals surface area contributed by atoms with Crippen LogP contribution in [-0.4, -0.2) is 57.7 Å². The summed E-state index contributed by atoms with van der Waals surface area (Å²) in [7, 11) is -2.56. The van der Waals surface area contributed by atoms with Gasteiger partial charge >= 0.3 is 0 Å². The Hall–Kier alpha value is -2.71. The summed E-state index contributed by atoms with van der Waals surface area (Å²) in [5.74, 6) is -0.592. The lowest BCUT2D eigenvalue weighted by molar-refractivity contribution is -0.118. The smallest absolute Gasteiger partial charge is 0.283 e. The number of benzene rings is 2. The van der Waals surface area contributed by atoms with Crippen LogP contribution in [0, 0.1) is 0 Å². The standard InChI is InChI=1S/C20H21N3O4S/c1-22-20(24)18(19(28(22,25)26)15-5-3-2-4-6-15)21-16-7-9-17(10-8-16)23-11-13-27-14-12-23/h2-10,19H,11-14H2,1H3. The predicted octanol–water partition coefficient (Wildman–Crippen LogP) is 2.14. The van der Waals surface area contributed by atoms with Crippen molar-refractivity contribution in [2.24, 2.45) is 4.99 Å². The molecule has 4 rings (SSSR count). The van der Waals surface area contributed by atoms with E-state index in [9.17, 15) is 13.2 Å². The second kappa shape index (κ2) is 7.37. The van der Waals surface area contributed by atoms with E-state index in [1.54, 1.807) is 42.5 Å². The normalized spacial score (nSPS) is 23.4. The molecule has 0 N–H and O–H groups in total. The monoisotopic (exact) mass is 399 g/mol. The molecule has 1 atom stereocenters. The highest BCUT2D eigenvalue weighted by Gasteiger charge is 2.49. The van der Waals surface area contributed by atoms with Gasteiger partial charge in [0, 0.05) is 25.8 Å². The van der Waals surface area contributed by atoms with Gasteiger partial charge in [-0.3, -0.25) is 4.79 Å². The summed E-state index contributed by atoms with van der Waals surface area (Å²) in [5.41, 5.74) is 2.15. The van der Waals surface area contributed by atoms with Crippen LogP contribution >= 0.6 is 0 Å². The number of aliphatic imine (C=N–C) groups is 1. The molecular weight excluding hydrogens is 378 g/mol. The van der Waals surface area contributed by atoms with Gasteiger partial charge in [-0.05, 0) is 29.8 Å². The first-order chi connectivity index (χ1) is 13.5. The van der Waals surface area contributed by atoms with Crippen molar-refractivity contribution < 1.29 is 17.9 Å². The number of ether oxygens (including phenoxy) is 1. The zero-order valence-corrected chi connectivity index (χ0v) is 16.3. The molecule has 2 aromatic rings. The topological polar surface area (TPSA) is 79.3 Å². The van der Waals surface area contributed by atoms with Gasteiger partial charge in [0.2, 0.25) is 10.0 Å². The quantitative estimate of drug-likeness (QED) is 0.790. The van der Waals surface area contributed by atoms with Crippen molar-refractivity contribution in [3.05, 3.63) is 60.2 Å². The number of carbonyl (C=O) groups excluding carboxylic acids is 1. The number of morpholine rings is 1. The molecular formula is C20H21N3O4S. The van der Waals surface area contributed by atoms with Gasteiger partial charge in [-0.2, -0.15) is 0 Å². The van der Waals surface area contributed by atoms with Crippen LogP contribution in [0.1, 0.15) is 10.8 Å². The van der Waals surface area contributed by atoms with Gasteiger partial charge in [0.1, 0.15) is 5.71 Å². The molecule has 0 spiro atoms. The second-order valence-electron chi connectivity index (χ2n) is 6.72. The van der Waals surface area contributed by atoms with Crippen LogP contribution < -0.4 is 4.90 Å². The van der Waals surface area contributed by atoms with E-state index < -0.39 is 21.2 Å². The molecule has 2 saturated heterocycles. The predicted molar refractivity (Wildman–Crippen MR) is 107 cm³/mol. The van der Waals surface area contributed by atoms with E-state index in [1.807, 2.05) is 12.1 Å². The minimum absolute atomic E-state index is 0.0211. The van der Waals surface area contributed by atoms with Crippen LogP contribution in [-0.2, 0) is 19.6 Å². The van der Waals surface area contributed by atoms with Crippen LogP contribution in [0.25, 0.3) is 0 Å². The molecule has 1 amide bonds. The summed E-state index contributed by atoms with van der Waals surface area (Å²) in [4.78, 5) is 19.3. The Labute approximate surface area is 164 Å². The van der Waals surface area contributed by atoms with Crippen LogP contribution in [0.4, 0.5) is 11.4 Å². The van der Waals surface area contributed by atoms with Crippen LogP contribution in [0.15, 0.2) is 59.6 Å². The lowest BCUT2D eigenvalue weighted by atomic mass is 10.1. The van der Waals surface area contributed by atoms with Crippen molar-refractivity contribution >= 4 is 33.0 Å². The molecule has 8 heteroatoms. The average Bonchev–Trinajstić information content (AvgIpc) is 2.89. The molecule has 0 saturated carbocycles. The Morgan fingerprint density at radius 1 is 1.00 bits per heavy atom. The Kier molecular flexibility index (Phi) is 4.91. The molecule has 2 aliphatic heterocycles. The van der Waals surface area contributed by atoms with E-state index in [1.165, 1.54) is 7.05 Å². The van der Waals surface area contributed by atoms with E-state index >= 15 is 0 Å². The summed E-state index contributed by atoms with van der Waals surface area (Å²) in [5, 5.41) is -1.09. The third-order valence-electron chi connectivity index (χ3n) is 5.01. The molecule has 2 aliphatic rings. The van der Waals surface area contributed by atoms with Gasteiger partial charge in [0.25, 0.3) is 5.91 Å². The van der Waals surface area contributed by atoms with Gasteiger partial charge in [0.15, 0.2) is 5.25 Å². The maximum absolute atomic E-state index is 12.8. The minimum atomic E-state index is -3.83. The summed E-state index contributed by atoms with van der Waals surface area (Å²) in [6.07, 6.45) is 0. The molecule has 0 bridgehead atoms. The van der Waals surface area contributed by atoms with Crippen LogP contribution in [0.3, 0.4) is 0 Å². The fourth-order valence-electron chi connectivity index (χ4n) is 3.45. The second-order valence-corrected chi connectivity index (χ2v) is 8.77. The summed E-state index contributed by atoms with van der Waals surface area (Å²) >= 11 is 0. The maximum atomic E-state index is 12.8. The Balaban J connectivity index is 1.69. The van der Waals surface area contributed by atoms with Crippen LogP contribution in [0.2, 0.25) is 0 Å². The molecule has 2 heterocycles. The number of hydrogen-bond donors (Lipinski definition) is 0. The van der Waals surface area contributed by atoms with Crippen molar-refractivity contribution in [3.63, 3.8) is 0 Å². The van der Waals surface area contributed by atoms with E-state index in [0.29, 0.717) is 24.5 Å². The molecule has 2 fully saturated rings. The zero-order valence-electron chi connectivity index (χ0n) is 15.5. The molecule has 0 aromatic heterocycles. The number of rotatable bonds is 3. The highest BCUT2D eigenvalue weighted by Crippen LogP contribution is 2.35. The van der Waals surface area contributed by atoms with Gasteiger partial charge in [-0.25, -0.2) is 17.7 Å². The highest BCUT2D eigenvalue weighted by atomic mass is 32.2. The number of sulfonamides is 1. The Morgan fingerprint density at radius 3 is 2.29 bits per heavy atom. The SMILES string of the molecule is CN1C(=O)C(=Nc2ccc(N3CCOCC3)cc2)C(c2ccccc2)S1(=O)=O. The summed E-state index contributed by atoms with van der Waals surface area (Å²) < 4.78 is 31.7. The number of anilines is 1. The molecule has 2 aromatic carbocycles. The molecule has 0 radical (unpaired) electrons. The summed E-state index contributed by atoms with van der Waals surface area (Å²) in [6, 6.07) is 16.2. The van der Waals surface area contributed by atoms with Gasteiger partial charge in [-0.15, -0.1) is 0 Å². The third kappa shape index (κ3) is 3.29. The summed E-state index contributed by atoms with van der Waals surface area (Å²) in [6.45, 7) is 3.04. The minimum Gasteiger partial charge on any atom is -0.378 e. The largest absolute Gasteiger partial charge is 0.378 e. The van der Waals surface area contributed by atoms with E-state index in [2.05, 4.69) is 9.89 Å². The van der Waals surface area contributed by atoms with Crippen LogP contribution in [0.5, 0.6) is 0 Å². The maximum Gasteiger partial charge on any atom is 0.283 e. The highest BCUT2D eigenvalue weighted by molar-refractivity contribution is 7.91. The fourth-order valence-corrected chi connectivity index (χ4v) is 5.03. The molecule has 146 valence electrons. The molecule has 1 unspecified atom stereocenters. The first-order valence-electron chi connectivity index (χ1n) is 9.07. The van der Waals surface area contributed by atoms with Crippen molar-refractivity contribution in [2.45, 2.75) is 5.25 Å². The Morgan fingerprint density at radius 2 is 1.64 bits per heavy atom. The molecule has 28 heavy (non-hydrogen) atoms. The fraction of sp³-hybridized carbons (Fsp3) is 0.300. The zero-order chi connectivity index (χ0) is 19.7. The van der Waals surface area contributed by atoms with Crippen molar-refractivity contribution in [2.75, 3.05) is 38.3 Å². The third-order valence-corrected chi connectivity index (χ3v) is 7.03.